The Labute approximate surface area is 243 Å². The van der Waals surface area contributed by atoms with Gasteiger partial charge in [-0.25, -0.2) is 8.42 Å². The molecule has 0 aliphatic rings. The van der Waals surface area contributed by atoms with Crippen molar-refractivity contribution in [3.8, 4) is 0 Å². The molecule has 0 aliphatic carbocycles. The molecule has 3 aromatic rings. The van der Waals surface area contributed by atoms with E-state index in [4.69, 9.17) is 11.6 Å². The molecule has 1 atom stereocenters. The van der Waals surface area contributed by atoms with Gasteiger partial charge < -0.3 is 10.2 Å². The summed E-state index contributed by atoms with van der Waals surface area (Å²) < 4.78 is 28.9. The van der Waals surface area contributed by atoms with Crippen molar-refractivity contribution in [2.75, 3.05) is 17.4 Å². The molecule has 214 valence electrons. The zero-order chi connectivity index (χ0) is 29.5. The van der Waals surface area contributed by atoms with Crippen LogP contribution in [0.15, 0.2) is 83.8 Å². The summed E-state index contributed by atoms with van der Waals surface area (Å²) in [6, 6.07) is 21.7. The predicted octanol–water partition coefficient (Wildman–Crippen LogP) is 5.61. The summed E-state index contributed by atoms with van der Waals surface area (Å²) in [5.74, 6) is -0.745. The molecule has 3 rings (SSSR count). The Morgan fingerprint density at radius 3 is 2.17 bits per heavy atom. The number of carbonyl (C=O) groups excluding carboxylic acids is 2. The molecule has 0 fully saturated rings. The Hall–Kier alpha value is -3.36. The quantitative estimate of drug-likeness (QED) is 0.318. The maximum atomic E-state index is 14.1. The van der Waals surface area contributed by atoms with Gasteiger partial charge in [0.25, 0.3) is 10.0 Å². The Morgan fingerprint density at radius 2 is 1.60 bits per heavy atom. The number of rotatable bonds is 11. The van der Waals surface area contributed by atoms with Crippen molar-refractivity contribution in [2.45, 2.75) is 63.9 Å². The second-order valence-corrected chi connectivity index (χ2v) is 13.1. The molecule has 3 aromatic carbocycles. The van der Waals surface area contributed by atoms with Gasteiger partial charge in [0.05, 0.1) is 10.6 Å². The van der Waals surface area contributed by atoms with Gasteiger partial charge in [-0.1, -0.05) is 61.0 Å². The van der Waals surface area contributed by atoms with Crippen LogP contribution in [-0.4, -0.2) is 49.8 Å². The number of amides is 2. The first kappa shape index (κ1) is 31.2. The van der Waals surface area contributed by atoms with E-state index in [1.165, 1.54) is 29.2 Å². The summed E-state index contributed by atoms with van der Waals surface area (Å²) in [5.41, 5.74) is 1.72. The van der Waals surface area contributed by atoms with Crippen LogP contribution in [0.4, 0.5) is 5.69 Å². The van der Waals surface area contributed by atoms with Crippen LogP contribution < -0.4 is 9.62 Å². The van der Waals surface area contributed by atoms with E-state index < -0.39 is 34.1 Å². The van der Waals surface area contributed by atoms with E-state index >= 15 is 0 Å². The topological polar surface area (TPSA) is 86.8 Å². The molecule has 0 saturated heterocycles. The van der Waals surface area contributed by atoms with Gasteiger partial charge in [0.2, 0.25) is 11.8 Å². The fourth-order valence-corrected chi connectivity index (χ4v) is 5.93. The highest BCUT2D eigenvalue weighted by atomic mass is 35.5. The SMILES string of the molecule is CCC(C(=O)NC(C)(C)C)N(CCc1ccccc1)C(=O)CN(c1cccc(C)c1)S(=O)(=O)c1ccc(Cl)cc1. The van der Waals surface area contributed by atoms with Crippen molar-refractivity contribution >= 4 is 39.1 Å². The van der Waals surface area contributed by atoms with Crippen LogP contribution >= 0.6 is 11.6 Å². The van der Waals surface area contributed by atoms with Crippen LogP contribution in [0.3, 0.4) is 0 Å². The van der Waals surface area contributed by atoms with Crippen LogP contribution in [0, 0.1) is 6.92 Å². The predicted molar refractivity (Wildman–Crippen MR) is 161 cm³/mol. The smallest absolute Gasteiger partial charge is 0.264 e. The number of anilines is 1. The summed E-state index contributed by atoms with van der Waals surface area (Å²) in [6.45, 7) is 9.13. The molecule has 7 nitrogen and oxygen atoms in total. The number of hydrogen-bond donors (Lipinski definition) is 1. The molecular formula is C31H38ClN3O4S. The molecule has 40 heavy (non-hydrogen) atoms. The van der Waals surface area contributed by atoms with E-state index in [1.807, 2.05) is 71.0 Å². The van der Waals surface area contributed by atoms with Gasteiger partial charge in [-0.05, 0) is 88.1 Å². The lowest BCUT2D eigenvalue weighted by Crippen LogP contribution is -2.56. The zero-order valence-electron chi connectivity index (χ0n) is 23.7. The molecule has 1 unspecified atom stereocenters. The van der Waals surface area contributed by atoms with Crippen LogP contribution in [0.25, 0.3) is 0 Å². The van der Waals surface area contributed by atoms with E-state index in [-0.39, 0.29) is 17.3 Å². The Morgan fingerprint density at radius 1 is 0.950 bits per heavy atom. The largest absolute Gasteiger partial charge is 0.350 e. The summed E-state index contributed by atoms with van der Waals surface area (Å²) in [6.07, 6.45) is 0.886. The fraction of sp³-hybridized carbons (Fsp3) is 0.355. The average molecular weight is 584 g/mol. The monoisotopic (exact) mass is 583 g/mol. The summed E-state index contributed by atoms with van der Waals surface area (Å²) in [5, 5.41) is 3.38. The average Bonchev–Trinajstić information content (AvgIpc) is 2.89. The van der Waals surface area contributed by atoms with Crippen LogP contribution in [0.2, 0.25) is 5.02 Å². The maximum Gasteiger partial charge on any atom is 0.264 e. The standard InChI is InChI=1S/C31H38ClN3O4S/c1-6-28(30(37)33-31(3,4)5)34(20-19-24-12-8-7-9-13-24)29(36)22-35(26-14-10-11-23(2)21-26)40(38,39)27-17-15-25(32)16-18-27/h7-18,21,28H,6,19-20,22H2,1-5H3,(H,33,37). The van der Waals surface area contributed by atoms with Crippen molar-refractivity contribution in [1.29, 1.82) is 0 Å². The lowest BCUT2D eigenvalue weighted by molar-refractivity contribution is -0.140. The van der Waals surface area contributed by atoms with E-state index in [9.17, 15) is 18.0 Å². The first-order chi connectivity index (χ1) is 18.8. The van der Waals surface area contributed by atoms with Gasteiger partial charge in [0.1, 0.15) is 12.6 Å². The molecule has 0 heterocycles. The van der Waals surface area contributed by atoms with Crippen LogP contribution in [0.5, 0.6) is 0 Å². The minimum Gasteiger partial charge on any atom is -0.350 e. The number of halogens is 1. The number of nitrogens with one attached hydrogen (secondary N) is 1. The molecule has 1 N–H and O–H groups in total. The molecule has 0 spiro atoms. The summed E-state index contributed by atoms with van der Waals surface area (Å²) in [7, 11) is -4.14. The second-order valence-electron chi connectivity index (χ2n) is 10.8. The van der Waals surface area contributed by atoms with Crippen molar-refractivity contribution in [3.05, 3.63) is 95.0 Å². The van der Waals surface area contributed by atoms with Gasteiger partial charge in [-0.15, -0.1) is 0 Å². The number of sulfonamides is 1. The summed E-state index contributed by atoms with van der Waals surface area (Å²) >= 11 is 6.01. The molecular weight excluding hydrogens is 546 g/mol. The maximum absolute atomic E-state index is 14.1. The molecule has 2 amide bonds. The van der Waals surface area contributed by atoms with E-state index in [1.54, 1.807) is 18.2 Å². The van der Waals surface area contributed by atoms with Gasteiger partial charge in [-0.2, -0.15) is 0 Å². The number of benzene rings is 3. The molecule has 0 aromatic heterocycles. The highest BCUT2D eigenvalue weighted by Gasteiger charge is 2.34. The van der Waals surface area contributed by atoms with Crippen molar-refractivity contribution in [3.63, 3.8) is 0 Å². The molecule has 0 radical (unpaired) electrons. The fourth-order valence-electron chi connectivity index (χ4n) is 4.39. The Bertz CT molecular complexity index is 1400. The molecule has 0 bridgehead atoms. The first-order valence-corrected chi connectivity index (χ1v) is 15.1. The number of carbonyl (C=O) groups is 2. The molecule has 9 heteroatoms. The Kier molecular flexibility index (Phi) is 10.4. The highest BCUT2D eigenvalue weighted by molar-refractivity contribution is 7.92. The van der Waals surface area contributed by atoms with E-state index in [2.05, 4.69) is 5.32 Å². The van der Waals surface area contributed by atoms with Gasteiger partial charge >= 0.3 is 0 Å². The third kappa shape index (κ3) is 8.32. The number of aryl methyl sites for hydroxylation is 1. The normalized spacial score (nSPS) is 12.4. The van der Waals surface area contributed by atoms with Crippen molar-refractivity contribution < 1.29 is 18.0 Å². The lowest BCUT2D eigenvalue weighted by Gasteiger charge is -2.34. The Balaban J connectivity index is 2.02. The van der Waals surface area contributed by atoms with E-state index in [0.29, 0.717) is 23.6 Å². The summed E-state index contributed by atoms with van der Waals surface area (Å²) in [4.78, 5) is 28.9. The van der Waals surface area contributed by atoms with E-state index in [0.717, 1.165) is 15.4 Å². The third-order valence-electron chi connectivity index (χ3n) is 6.34. The van der Waals surface area contributed by atoms with Crippen LogP contribution in [0.1, 0.15) is 45.2 Å². The third-order valence-corrected chi connectivity index (χ3v) is 8.38. The second kappa shape index (κ2) is 13.3. The molecule has 0 saturated carbocycles. The van der Waals surface area contributed by atoms with Gasteiger partial charge in [-0.3, -0.25) is 13.9 Å². The number of hydrogen-bond acceptors (Lipinski definition) is 4. The first-order valence-electron chi connectivity index (χ1n) is 13.3. The zero-order valence-corrected chi connectivity index (χ0v) is 25.3. The minimum atomic E-state index is -4.14. The van der Waals surface area contributed by atoms with Crippen LogP contribution in [-0.2, 0) is 26.0 Å². The van der Waals surface area contributed by atoms with Gasteiger partial charge in [0.15, 0.2) is 0 Å². The van der Waals surface area contributed by atoms with Gasteiger partial charge in [0, 0.05) is 17.1 Å². The highest BCUT2D eigenvalue weighted by Crippen LogP contribution is 2.26. The lowest BCUT2D eigenvalue weighted by atomic mass is 10.1. The molecule has 0 aliphatic heterocycles. The minimum absolute atomic E-state index is 0.0135. The number of nitrogens with zero attached hydrogens (tertiary/aromatic N) is 2. The van der Waals surface area contributed by atoms with Crippen molar-refractivity contribution in [1.82, 2.24) is 10.2 Å². The van der Waals surface area contributed by atoms with Crippen molar-refractivity contribution in [2.24, 2.45) is 0 Å².